The fourth-order valence-electron chi connectivity index (χ4n) is 2.82. The molecular weight excluding hydrogens is 327 g/mol. The van der Waals surface area contributed by atoms with Gasteiger partial charge < -0.3 is 4.57 Å². The summed E-state index contributed by atoms with van der Waals surface area (Å²) in [6, 6.07) is 13.5. The Morgan fingerprint density at radius 3 is 2.54 bits per heavy atom. The minimum atomic E-state index is -3.44. The van der Waals surface area contributed by atoms with E-state index >= 15 is 0 Å². The summed E-state index contributed by atoms with van der Waals surface area (Å²) in [7, 11) is -1.47. The maximum Gasteiger partial charge on any atom is 0.215 e. The van der Waals surface area contributed by atoms with E-state index in [1.165, 1.54) is 24.3 Å². The number of sulfonamides is 1. The van der Waals surface area contributed by atoms with Gasteiger partial charge in [0.1, 0.15) is 5.82 Å². The predicted octanol–water partition coefficient (Wildman–Crippen LogP) is 2.98. The highest BCUT2D eigenvalue weighted by molar-refractivity contribution is 7.88. The molecule has 0 aliphatic rings. The fraction of sp³-hybridized carbons (Fsp3) is 0.222. The molecule has 6 heteroatoms. The van der Waals surface area contributed by atoms with Crippen LogP contribution in [0.1, 0.15) is 11.1 Å². The molecule has 0 aliphatic carbocycles. The van der Waals surface area contributed by atoms with E-state index in [0.717, 1.165) is 16.5 Å². The Balaban J connectivity index is 1.63. The summed E-state index contributed by atoms with van der Waals surface area (Å²) in [6.07, 6.45) is 2.64. The minimum Gasteiger partial charge on any atom is -0.350 e. The topological polar surface area (TPSA) is 51.1 Å². The van der Waals surface area contributed by atoms with E-state index in [2.05, 4.69) is 4.72 Å². The Morgan fingerprint density at radius 2 is 1.79 bits per heavy atom. The molecule has 0 saturated heterocycles. The van der Waals surface area contributed by atoms with E-state index in [-0.39, 0.29) is 11.6 Å². The van der Waals surface area contributed by atoms with Crippen LogP contribution in [0.5, 0.6) is 0 Å². The average Bonchev–Trinajstić information content (AvgIpc) is 2.86. The van der Waals surface area contributed by atoms with Crippen molar-refractivity contribution in [2.75, 3.05) is 6.54 Å². The summed E-state index contributed by atoms with van der Waals surface area (Å²) < 4.78 is 41.8. The van der Waals surface area contributed by atoms with Gasteiger partial charge in [-0.25, -0.2) is 17.5 Å². The summed E-state index contributed by atoms with van der Waals surface area (Å²) in [5, 5.41) is 1.14. The standard InChI is InChI=1S/C18H19FN2O2S/c1-21-12-15(17-4-2-3-5-18(17)21)10-11-20-24(22,23)13-14-6-8-16(19)9-7-14/h2-9,12,20H,10-11,13H2,1H3. The van der Waals surface area contributed by atoms with Crippen molar-refractivity contribution in [3.63, 3.8) is 0 Å². The van der Waals surface area contributed by atoms with E-state index in [1.54, 1.807) is 0 Å². The highest BCUT2D eigenvalue weighted by Crippen LogP contribution is 2.20. The number of aromatic nitrogens is 1. The fourth-order valence-corrected chi connectivity index (χ4v) is 3.96. The lowest BCUT2D eigenvalue weighted by Gasteiger charge is -2.06. The van der Waals surface area contributed by atoms with Crippen molar-refractivity contribution in [1.29, 1.82) is 0 Å². The number of aryl methyl sites for hydroxylation is 1. The molecule has 126 valence electrons. The number of hydrogen-bond acceptors (Lipinski definition) is 2. The van der Waals surface area contributed by atoms with Crippen LogP contribution in [0.2, 0.25) is 0 Å². The number of benzene rings is 2. The Kier molecular flexibility index (Phi) is 4.69. The molecule has 2 aromatic carbocycles. The highest BCUT2D eigenvalue weighted by Gasteiger charge is 2.12. The van der Waals surface area contributed by atoms with E-state index < -0.39 is 10.0 Å². The third kappa shape index (κ3) is 3.83. The number of halogens is 1. The molecule has 1 aromatic heterocycles. The molecule has 1 heterocycles. The van der Waals surface area contributed by atoms with Crippen LogP contribution in [0.25, 0.3) is 10.9 Å². The quantitative estimate of drug-likeness (QED) is 0.746. The summed E-state index contributed by atoms with van der Waals surface area (Å²) in [5.74, 6) is -0.525. The summed E-state index contributed by atoms with van der Waals surface area (Å²) in [4.78, 5) is 0. The zero-order valence-electron chi connectivity index (χ0n) is 13.4. The van der Waals surface area contributed by atoms with Gasteiger partial charge in [-0.2, -0.15) is 0 Å². The summed E-state index contributed by atoms with van der Waals surface area (Å²) >= 11 is 0. The maximum atomic E-state index is 12.9. The third-order valence-corrected chi connectivity index (χ3v) is 5.32. The van der Waals surface area contributed by atoms with Crippen molar-refractivity contribution in [2.24, 2.45) is 7.05 Å². The molecule has 3 rings (SSSR count). The smallest absolute Gasteiger partial charge is 0.215 e. The van der Waals surface area contributed by atoms with E-state index in [9.17, 15) is 12.8 Å². The van der Waals surface area contributed by atoms with Gasteiger partial charge in [0.25, 0.3) is 0 Å². The van der Waals surface area contributed by atoms with Gasteiger partial charge in [0, 0.05) is 30.7 Å². The minimum absolute atomic E-state index is 0.150. The van der Waals surface area contributed by atoms with Crippen molar-refractivity contribution in [3.05, 3.63) is 71.7 Å². The van der Waals surface area contributed by atoms with Crippen LogP contribution in [0.4, 0.5) is 4.39 Å². The lowest BCUT2D eigenvalue weighted by Crippen LogP contribution is -2.27. The molecule has 24 heavy (non-hydrogen) atoms. The Bertz CT molecular complexity index is 947. The monoisotopic (exact) mass is 346 g/mol. The van der Waals surface area contributed by atoms with Crippen molar-refractivity contribution in [2.45, 2.75) is 12.2 Å². The first-order chi connectivity index (χ1) is 11.4. The van der Waals surface area contributed by atoms with E-state index in [0.29, 0.717) is 18.5 Å². The van der Waals surface area contributed by atoms with Gasteiger partial charge in [-0.3, -0.25) is 0 Å². The molecule has 3 aromatic rings. The van der Waals surface area contributed by atoms with Gasteiger partial charge in [0.2, 0.25) is 10.0 Å². The van der Waals surface area contributed by atoms with Crippen LogP contribution in [0.15, 0.2) is 54.7 Å². The molecule has 0 bridgehead atoms. The van der Waals surface area contributed by atoms with Gasteiger partial charge in [0.05, 0.1) is 5.75 Å². The number of rotatable bonds is 6. The Hall–Kier alpha value is -2.18. The molecule has 0 saturated carbocycles. The molecular formula is C18H19FN2O2S. The van der Waals surface area contributed by atoms with Crippen LogP contribution in [0, 0.1) is 5.82 Å². The molecule has 0 fully saturated rings. The van der Waals surface area contributed by atoms with Gasteiger partial charge >= 0.3 is 0 Å². The van der Waals surface area contributed by atoms with Crippen molar-refractivity contribution in [3.8, 4) is 0 Å². The van der Waals surface area contributed by atoms with Crippen molar-refractivity contribution >= 4 is 20.9 Å². The number of nitrogens with one attached hydrogen (secondary N) is 1. The largest absolute Gasteiger partial charge is 0.350 e. The maximum absolute atomic E-state index is 12.9. The zero-order valence-corrected chi connectivity index (χ0v) is 14.2. The predicted molar refractivity (Wildman–Crippen MR) is 93.6 cm³/mol. The van der Waals surface area contributed by atoms with E-state index in [1.807, 2.05) is 42.1 Å². The lowest BCUT2D eigenvalue weighted by atomic mass is 10.1. The summed E-state index contributed by atoms with van der Waals surface area (Å²) in [6.45, 7) is 0.331. The van der Waals surface area contributed by atoms with Crippen LogP contribution >= 0.6 is 0 Å². The van der Waals surface area contributed by atoms with Gasteiger partial charge in [-0.05, 0) is 35.7 Å². The van der Waals surface area contributed by atoms with Gasteiger partial charge in [0.15, 0.2) is 0 Å². The van der Waals surface area contributed by atoms with Gasteiger partial charge in [-0.1, -0.05) is 30.3 Å². The number of fused-ring (bicyclic) bond motifs is 1. The molecule has 1 N–H and O–H groups in total. The number of hydrogen-bond donors (Lipinski definition) is 1. The second-order valence-corrected chi connectivity index (χ2v) is 7.62. The van der Waals surface area contributed by atoms with Crippen LogP contribution < -0.4 is 4.72 Å². The molecule has 0 atom stereocenters. The van der Waals surface area contributed by atoms with Crippen LogP contribution in [-0.4, -0.2) is 19.5 Å². The van der Waals surface area contributed by atoms with Gasteiger partial charge in [-0.15, -0.1) is 0 Å². The molecule has 0 amide bonds. The second kappa shape index (κ2) is 6.75. The second-order valence-electron chi connectivity index (χ2n) is 5.81. The normalized spacial score (nSPS) is 11.9. The van der Waals surface area contributed by atoms with Crippen LogP contribution in [0.3, 0.4) is 0 Å². The first-order valence-electron chi connectivity index (χ1n) is 7.69. The molecule has 0 unspecified atom stereocenters. The van der Waals surface area contributed by atoms with Crippen molar-refractivity contribution in [1.82, 2.24) is 9.29 Å². The highest BCUT2D eigenvalue weighted by atomic mass is 32.2. The summed E-state index contributed by atoms with van der Waals surface area (Å²) in [5.41, 5.74) is 2.80. The van der Waals surface area contributed by atoms with E-state index in [4.69, 9.17) is 0 Å². The number of para-hydroxylation sites is 1. The van der Waals surface area contributed by atoms with Crippen LogP contribution in [-0.2, 0) is 29.2 Å². The third-order valence-electron chi connectivity index (χ3n) is 3.97. The zero-order chi connectivity index (χ0) is 17.2. The number of nitrogens with zero attached hydrogens (tertiary/aromatic N) is 1. The van der Waals surface area contributed by atoms with Crippen molar-refractivity contribution < 1.29 is 12.8 Å². The molecule has 0 radical (unpaired) electrons. The lowest BCUT2D eigenvalue weighted by molar-refractivity contribution is 0.580. The first-order valence-corrected chi connectivity index (χ1v) is 9.34. The molecule has 4 nitrogen and oxygen atoms in total. The molecule has 0 aliphatic heterocycles. The Labute approximate surface area is 141 Å². The first kappa shape index (κ1) is 16.7. The average molecular weight is 346 g/mol. The molecule has 0 spiro atoms. The SMILES string of the molecule is Cn1cc(CCNS(=O)(=O)Cc2ccc(F)cc2)c2ccccc21. The Morgan fingerprint density at radius 1 is 1.08 bits per heavy atom.